The summed E-state index contributed by atoms with van der Waals surface area (Å²) in [6.45, 7) is 4.08. The maximum atomic E-state index is 13.9. The SMILES string of the molecule is CC(C)NCc1c(F)cccc1Oc1cccc(F)c1F. The topological polar surface area (TPSA) is 21.3 Å². The second-order valence-electron chi connectivity index (χ2n) is 4.91. The third-order valence-electron chi connectivity index (χ3n) is 2.90. The zero-order valence-corrected chi connectivity index (χ0v) is 11.8. The van der Waals surface area contributed by atoms with Gasteiger partial charge in [-0.05, 0) is 24.3 Å². The van der Waals surface area contributed by atoms with Crippen LogP contribution >= 0.6 is 0 Å². The largest absolute Gasteiger partial charge is 0.454 e. The minimum Gasteiger partial charge on any atom is -0.454 e. The molecule has 0 aliphatic rings. The molecule has 2 aromatic carbocycles. The van der Waals surface area contributed by atoms with Crippen molar-refractivity contribution in [2.75, 3.05) is 0 Å². The number of ether oxygens (including phenoxy) is 1. The molecule has 0 saturated heterocycles. The molecule has 21 heavy (non-hydrogen) atoms. The summed E-state index contributed by atoms with van der Waals surface area (Å²) in [7, 11) is 0. The van der Waals surface area contributed by atoms with E-state index in [2.05, 4.69) is 5.32 Å². The Kier molecular flexibility index (Phi) is 4.85. The van der Waals surface area contributed by atoms with Gasteiger partial charge >= 0.3 is 0 Å². The molecular weight excluding hydrogens is 279 g/mol. The maximum absolute atomic E-state index is 13.9. The second kappa shape index (κ2) is 6.63. The molecular formula is C16H16F3NO. The van der Waals surface area contributed by atoms with Crippen LogP contribution in [0, 0.1) is 17.5 Å². The van der Waals surface area contributed by atoms with Crippen LogP contribution in [0.1, 0.15) is 19.4 Å². The van der Waals surface area contributed by atoms with Gasteiger partial charge in [-0.3, -0.25) is 0 Å². The number of halogens is 3. The van der Waals surface area contributed by atoms with E-state index in [1.807, 2.05) is 13.8 Å². The van der Waals surface area contributed by atoms with Crippen LogP contribution in [0.25, 0.3) is 0 Å². The summed E-state index contributed by atoms with van der Waals surface area (Å²) in [5.74, 6) is -2.67. The van der Waals surface area contributed by atoms with Crippen LogP contribution in [-0.2, 0) is 6.54 Å². The standard InChI is InChI=1S/C16H16F3NO/c1-10(2)20-9-11-12(17)5-3-7-14(11)21-15-8-4-6-13(18)16(15)19/h3-8,10,20H,9H2,1-2H3. The summed E-state index contributed by atoms with van der Waals surface area (Å²) in [5, 5.41) is 3.07. The van der Waals surface area contributed by atoms with Gasteiger partial charge in [0.1, 0.15) is 11.6 Å². The average molecular weight is 295 g/mol. The van der Waals surface area contributed by atoms with Crippen LogP contribution in [0.2, 0.25) is 0 Å². The fraction of sp³-hybridized carbons (Fsp3) is 0.250. The molecule has 112 valence electrons. The second-order valence-corrected chi connectivity index (χ2v) is 4.91. The molecule has 2 aromatic rings. The summed E-state index contributed by atoms with van der Waals surface area (Å²) in [4.78, 5) is 0. The number of nitrogens with one attached hydrogen (secondary N) is 1. The normalized spacial score (nSPS) is 11.0. The van der Waals surface area contributed by atoms with Gasteiger partial charge in [0.2, 0.25) is 5.82 Å². The van der Waals surface area contributed by atoms with Crippen molar-refractivity contribution in [1.82, 2.24) is 5.32 Å². The minimum absolute atomic E-state index is 0.156. The number of benzene rings is 2. The molecule has 0 atom stereocenters. The first-order chi connectivity index (χ1) is 9.99. The monoisotopic (exact) mass is 295 g/mol. The molecule has 0 fully saturated rings. The fourth-order valence-corrected chi connectivity index (χ4v) is 1.79. The first-order valence-corrected chi connectivity index (χ1v) is 6.61. The summed E-state index contributed by atoms with van der Waals surface area (Å²) in [6.07, 6.45) is 0. The van der Waals surface area contributed by atoms with E-state index < -0.39 is 17.5 Å². The zero-order chi connectivity index (χ0) is 15.4. The highest BCUT2D eigenvalue weighted by Gasteiger charge is 2.14. The average Bonchev–Trinajstić information content (AvgIpc) is 2.43. The number of rotatable bonds is 5. The van der Waals surface area contributed by atoms with Crippen LogP contribution in [0.3, 0.4) is 0 Å². The molecule has 0 aromatic heterocycles. The third kappa shape index (κ3) is 3.76. The van der Waals surface area contributed by atoms with E-state index >= 15 is 0 Å². The van der Waals surface area contributed by atoms with E-state index in [-0.39, 0.29) is 29.6 Å². The Balaban J connectivity index is 2.31. The van der Waals surface area contributed by atoms with Gasteiger partial charge < -0.3 is 10.1 Å². The molecule has 0 spiro atoms. The molecule has 0 radical (unpaired) electrons. The van der Waals surface area contributed by atoms with Crippen molar-refractivity contribution >= 4 is 0 Å². The molecule has 0 aliphatic heterocycles. The molecule has 0 saturated carbocycles. The van der Waals surface area contributed by atoms with Gasteiger partial charge in [-0.25, -0.2) is 8.78 Å². The highest BCUT2D eigenvalue weighted by atomic mass is 19.2. The quantitative estimate of drug-likeness (QED) is 0.883. The first kappa shape index (κ1) is 15.4. The van der Waals surface area contributed by atoms with E-state index in [1.54, 1.807) is 0 Å². The van der Waals surface area contributed by atoms with Crippen molar-refractivity contribution in [3.63, 3.8) is 0 Å². The van der Waals surface area contributed by atoms with Gasteiger partial charge in [0.05, 0.1) is 0 Å². The minimum atomic E-state index is -1.09. The lowest BCUT2D eigenvalue weighted by atomic mass is 10.1. The Morgan fingerprint density at radius 2 is 1.57 bits per heavy atom. The molecule has 0 unspecified atom stereocenters. The van der Waals surface area contributed by atoms with E-state index in [9.17, 15) is 13.2 Å². The summed E-state index contributed by atoms with van der Waals surface area (Å²) < 4.78 is 46.0. The fourth-order valence-electron chi connectivity index (χ4n) is 1.79. The van der Waals surface area contributed by atoms with Gasteiger partial charge in [0.25, 0.3) is 0 Å². The van der Waals surface area contributed by atoms with Crippen molar-refractivity contribution in [2.45, 2.75) is 26.4 Å². The van der Waals surface area contributed by atoms with Crippen LogP contribution in [0.5, 0.6) is 11.5 Å². The molecule has 0 aliphatic carbocycles. The molecule has 5 heteroatoms. The van der Waals surface area contributed by atoms with Gasteiger partial charge in [0.15, 0.2) is 11.6 Å². The predicted octanol–water partition coefficient (Wildman–Crippen LogP) is 4.39. The van der Waals surface area contributed by atoms with Crippen molar-refractivity contribution < 1.29 is 17.9 Å². The lowest BCUT2D eigenvalue weighted by Crippen LogP contribution is -2.22. The Hall–Kier alpha value is -2.01. The Morgan fingerprint density at radius 3 is 2.24 bits per heavy atom. The van der Waals surface area contributed by atoms with Crippen LogP contribution in [-0.4, -0.2) is 6.04 Å². The smallest absolute Gasteiger partial charge is 0.201 e. The van der Waals surface area contributed by atoms with Crippen molar-refractivity contribution in [2.24, 2.45) is 0 Å². The van der Waals surface area contributed by atoms with E-state index in [4.69, 9.17) is 4.74 Å². The summed E-state index contributed by atoms with van der Waals surface area (Å²) in [6, 6.07) is 8.05. The lowest BCUT2D eigenvalue weighted by molar-refractivity contribution is 0.406. The molecule has 2 rings (SSSR count). The lowest BCUT2D eigenvalue weighted by Gasteiger charge is -2.14. The maximum Gasteiger partial charge on any atom is 0.201 e. The summed E-state index contributed by atoms with van der Waals surface area (Å²) >= 11 is 0. The Labute approximate surface area is 121 Å². The third-order valence-corrected chi connectivity index (χ3v) is 2.90. The van der Waals surface area contributed by atoms with Crippen molar-refractivity contribution in [1.29, 1.82) is 0 Å². The summed E-state index contributed by atoms with van der Waals surface area (Å²) in [5.41, 5.74) is 0.273. The highest BCUT2D eigenvalue weighted by Crippen LogP contribution is 2.29. The molecule has 1 N–H and O–H groups in total. The van der Waals surface area contributed by atoms with E-state index in [1.165, 1.54) is 30.3 Å². The molecule has 0 bridgehead atoms. The Bertz CT molecular complexity index is 629. The van der Waals surface area contributed by atoms with Gasteiger partial charge in [-0.1, -0.05) is 26.0 Å². The van der Waals surface area contributed by atoms with E-state index in [0.717, 1.165) is 6.07 Å². The van der Waals surface area contributed by atoms with Crippen LogP contribution in [0.4, 0.5) is 13.2 Å². The predicted molar refractivity (Wildman–Crippen MR) is 74.8 cm³/mol. The first-order valence-electron chi connectivity index (χ1n) is 6.61. The van der Waals surface area contributed by atoms with Gasteiger partial charge in [-0.2, -0.15) is 4.39 Å². The Morgan fingerprint density at radius 1 is 0.952 bits per heavy atom. The van der Waals surface area contributed by atoms with E-state index in [0.29, 0.717) is 0 Å². The molecule has 0 amide bonds. The number of hydrogen-bond acceptors (Lipinski definition) is 2. The molecule has 2 nitrogen and oxygen atoms in total. The van der Waals surface area contributed by atoms with Crippen LogP contribution < -0.4 is 10.1 Å². The highest BCUT2D eigenvalue weighted by molar-refractivity contribution is 5.39. The van der Waals surface area contributed by atoms with Crippen LogP contribution in [0.15, 0.2) is 36.4 Å². The van der Waals surface area contributed by atoms with Gasteiger partial charge in [-0.15, -0.1) is 0 Å². The zero-order valence-electron chi connectivity index (χ0n) is 11.8. The van der Waals surface area contributed by atoms with Crippen molar-refractivity contribution in [3.05, 3.63) is 59.4 Å². The molecule has 0 heterocycles. The number of hydrogen-bond donors (Lipinski definition) is 1. The van der Waals surface area contributed by atoms with Gasteiger partial charge in [0, 0.05) is 18.2 Å². The van der Waals surface area contributed by atoms with Crippen molar-refractivity contribution in [3.8, 4) is 11.5 Å².